The van der Waals surface area contributed by atoms with Crippen LogP contribution in [0.2, 0.25) is 39.3 Å². The first kappa shape index (κ1) is 15.8. The smallest absolute Gasteiger partial charge is 0.118 e. The fraction of sp³-hybridized carbons (Fsp3) is 1.00. The molecule has 3 nitrogen and oxygen atoms in total. The SMILES string of the molecule is CN1CCCN(C)P1N([Si](C)(C)C)[Si](C)(C)C. The predicted molar refractivity (Wildman–Crippen MR) is 85.3 cm³/mol. The van der Waals surface area contributed by atoms with Crippen LogP contribution >= 0.6 is 8.37 Å². The van der Waals surface area contributed by atoms with Gasteiger partial charge in [-0.25, -0.2) is 0 Å². The van der Waals surface area contributed by atoms with Gasteiger partial charge in [-0.2, -0.15) is 0 Å². The summed E-state index contributed by atoms with van der Waals surface area (Å²) in [5.74, 6) is 0. The van der Waals surface area contributed by atoms with Crippen LogP contribution in [-0.4, -0.2) is 57.0 Å². The zero-order valence-electron chi connectivity index (χ0n) is 12.9. The predicted octanol–water partition coefficient (Wildman–Crippen LogP) is 3.45. The number of rotatable bonds is 3. The molecule has 0 atom stereocenters. The molecule has 17 heavy (non-hydrogen) atoms. The Kier molecular flexibility index (Phi) is 5.01. The average molecular weight is 292 g/mol. The molecule has 1 fully saturated rings. The van der Waals surface area contributed by atoms with Gasteiger partial charge in [-0.3, -0.25) is 9.34 Å². The Morgan fingerprint density at radius 2 is 1.18 bits per heavy atom. The van der Waals surface area contributed by atoms with E-state index in [0.29, 0.717) is 0 Å². The molecule has 0 radical (unpaired) electrons. The molecule has 6 heteroatoms. The summed E-state index contributed by atoms with van der Waals surface area (Å²) in [6.45, 7) is 17.6. The van der Waals surface area contributed by atoms with Crippen LogP contribution in [0.15, 0.2) is 0 Å². The Morgan fingerprint density at radius 3 is 1.47 bits per heavy atom. The standard InChI is InChI=1S/C11H30N3PSi2/c1-12-10-9-11-13(2)15(12)14(16(3,4)5)17(6,7)8/h9-11H2,1-8H3. The van der Waals surface area contributed by atoms with Crippen LogP contribution in [0.25, 0.3) is 0 Å². The van der Waals surface area contributed by atoms with Crippen LogP contribution < -0.4 is 0 Å². The fourth-order valence-electron chi connectivity index (χ4n) is 2.82. The van der Waals surface area contributed by atoms with E-state index in [9.17, 15) is 0 Å². The second-order valence-corrected chi connectivity index (χ2v) is 20.1. The van der Waals surface area contributed by atoms with Gasteiger partial charge >= 0.3 is 0 Å². The van der Waals surface area contributed by atoms with E-state index in [4.69, 9.17) is 0 Å². The molecule has 0 N–H and O–H groups in total. The minimum absolute atomic E-state index is 0.210. The number of hydrogen-bond donors (Lipinski definition) is 0. The maximum absolute atomic E-state index is 2.97. The zero-order valence-corrected chi connectivity index (χ0v) is 15.8. The molecule has 1 saturated heterocycles. The molecule has 1 aliphatic rings. The third kappa shape index (κ3) is 3.85. The van der Waals surface area contributed by atoms with E-state index in [1.54, 1.807) is 0 Å². The Hall–Kier alpha value is 0.744. The summed E-state index contributed by atoms with van der Waals surface area (Å²) in [5.41, 5.74) is 0. The third-order valence-electron chi connectivity index (χ3n) is 3.02. The molecule has 1 rings (SSSR count). The normalized spacial score (nSPS) is 22.4. The van der Waals surface area contributed by atoms with Crippen molar-refractivity contribution >= 4 is 24.8 Å². The average Bonchev–Trinajstić information content (AvgIpc) is 2.06. The lowest BCUT2D eigenvalue weighted by molar-refractivity contribution is 0.369. The van der Waals surface area contributed by atoms with Gasteiger partial charge in [0, 0.05) is 13.1 Å². The Labute approximate surface area is 111 Å². The summed E-state index contributed by atoms with van der Waals surface area (Å²) in [4.78, 5) is 0. The molecule has 1 aliphatic heterocycles. The van der Waals surface area contributed by atoms with Crippen LogP contribution in [0.1, 0.15) is 6.42 Å². The van der Waals surface area contributed by atoms with Gasteiger partial charge in [0.2, 0.25) is 0 Å². The molecule has 0 saturated carbocycles. The Bertz CT molecular complexity index is 238. The molecule has 0 aromatic heterocycles. The first-order valence-electron chi connectivity index (χ1n) is 6.57. The largest absolute Gasteiger partial charge is 0.300 e. The highest BCUT2D eigenvalue weighted by Gasteiger charge is 2.43. The first-order valence-corrected chi connectivity index (χ1v) is 14.7. The van der Waals surface area contributed by atoms with Crippen molar-refractivity contribution < 1.29 is 0 Å². The van der Waals surface area contributed by atoms with Crippen molar-refractivity contribution in [3.8, 4) is 0 Å². The second kappa shape index (κ2) is 5.39. The lowest BCUT2D eigenvalue weighted by Crippen LogP contribution is -2.59. The summed E-state index contributed by atoms with van der Waals surface area (Å²) in [7, 11) is 1.91. The zero-order chi connectivity index (χ0) is 13.4. The van der Waals surface area contributed by atoms with Crippen molar-refractivity contribution in [3.63, 3.8) is 0 Å². The van der Waals surface area contributed by atoms with E-state index in [-0.39, 0.29) is 8.37 Å². The van der Waals surface area contributed by atoms with Gasteiger partial charge < -0.3 is 4.00 Å². The highest BCUT2D eigenvalue weighted by Crippen LogP contribution is 2.53. The quantitative estimate of drug-likeness (QED) is 0.582. The molecule has 0 aromatic carbocycles. The lowest BCUT2D eigenvalue weighted by atomic mass is 10.4. The van der Waals surface area contributed by atoms with Gasteiger partial charge in [0.1, 0.15) is 24.8 Å². The molecule has 0 amide bonds. The highest BCUT2D eigenvalue weighted by molar-refractivity contribution is 7.55. The Balaban J connectivity index is 3.04. The minimum Gasteiger partial charge on any atom is -0.300 e. The molecule has 0 spiro atoms. The second-order valence-electron chi connectivity index (χ2n) is 7.04. The molecular weight excluding hydrogens is 261 g/mol. The number of nitrogens with zero attached hydrogens (tertiary/aromatic N) is 3. The van der Waals surface area contributed by atoms with Crippen molar-refractivity contribution in [1.82, 2.24) is 13.3 Å². The van der Waals surface area contributed by atoms with E-state index in [1.165, 1.54) is 19.5 Å². The van der Waals surface area contributed by atoms with E-state index in [1.807, 2.05) is 0 Å². The van der Waals surface area contributed by atoms with Crippen molar-refractivity contribution in [1.29, 1.82) is 0 Å². The van der Waals surface area contributed by atoms with Crippen molar-refractivity contribution in [3.05, 3.63) is 0 Å². The van der Waals surface area contributed by atoms with Gasteiger partial charge in [0.05, 0.1) is 0 Å². The summed E-state index contributed by atoms with van der Waals surface area (Å²) >= 11 is 0. The molecule has 0 aliphatic carbocycles. The minimum atomic E-state index is -1.25. The fourth-order valence-corrected chi connectivity index (χ4v) is 18.8. The van der Waals surface area contributed by atoms with Gasteiger partial charge in [-0.15, -0.1) is 0 Å². The van der Waals surface area contributed by atoms with Gasteiger partial charge in [-0.1, -0.05) is 39.3 Å². The van der Waals surface area contributed by atoms with Crippen LogP contribution in [0, 0.1) is 0 Å². The third-order valence-corrected chi connectivity index (χ3v) is 16.2. The van der Waals surface area contributed by atoms with Crippen LogP contribution in [0.3, 0.4) is 0 Å². The van der Waals surface area contributed by atoms with E-state index >= 15 is 0 Å². The monoisotopic (exact) mass is 291 g/mol. The molecule has 0 aromatic rings. The van der Waals surface area contributed by atoms with Crippen LogP contribution in [0.5, 0.6) is 0 Å². The van der Waals surface area contributed by atoms with E-state index in [2.05, 4.69) is 66.7 Å². The van der Waals surface area contributed by atoms with Gasteiger partial charge in [0.15, 0.2) is 0 Å². The molecular formula is C11H30N3PSi2. The Morgan fingerprint density at radius 1 is 0.824 bits per heavy atom. The van der Waals surface area contributed by atoms with E-state index in [0.717, 1.165) is 0 Å². The molecule has 102 valence electrons. The van der Waals surface area contributed by atoms with Crippen LogP contribution in [-0.2, 0) is 0 Å². The lowest BCUT2D eigenvalue weighted by Gasteiger charge is -2.55. The summed E-state index contributed by atoms with van der Waals surface area (Å²) in [6, 6.07) is 0. The van der Waals surface area contributed by atoms with Crippen molar-refractivity contribution in [2.75, 3.05) is 27.2 Å². The van der Waals surface area contributed by atoms with Crippen molar-refractivity contribution in [2.24, 2.45) is 0 Å². The number of hydrogen-bond acceptors (Lipinski definition) is 3. The van der Waals surface area contributed by atoms with Crippen LogP contribution in [0.4, 0.5) is 0 Å². The molecule has 0 bridgehead atoms. The topological polar surface area (TPSA) is 9.72 Å². The summed E-state index contributed by atoms with van der Waals surface area (Å²) in [6.07, 6.45) is 1.32. The maximum atomic E-state index is 2.97. The van der Waals surface area contributed by atoms with Crippen molar-refractivity contribution in [2.45, 2.75) is 45.7 Å². The molecule has 0 unspecified atom stereocenters. The summed E-state index contributed by atoms with van der Waals surface area (Å²) < 4.78 is 8.18. The van der Waals surface area contributed by atoms with Gasteiger partial charge in [-0.05, 0) is 20.5 Å². The molecule has 1 heterocycles. The highest BCUT2D eigenvalue weighted by atomic mass is 31.2. The first-order chi connectivity index (χ1) is 7.55. The maximum Gasteiger partial charge on any atom is 0.118 e. The summed E-state index contributed by atoms with van der Waals surface area (Å²) in [5, 5.41) is 0. The van der Waals surface area contributed by atoms with E-state index < -0.39 is 16.5 Å². The van der Waals surface area contributed by atoms with Gasteiger partial charge in [0.25, 0.3) is 0 Å².